The maximum absolute atomic E-state index is 12.6. The molecule has 0 bridgehead atoms. The summed E-state index contributed by atoms with van der Waals surface area (Å²) in [6, 6.07) is 14.9. The van der Waals surface area contributed by atoms with Crippen molar-refractivity contribution >= 4 is 56.0 Å². The molecule has 9 heteroatoms. The molecule has 0 saturated carbocycles. The first-order valence-corrected chi connectivity index (χ1v) is 10.4. The van der Waals surface area contributed by atoms with Gasteiger partial charge in [0.05, 0.1) is 11.7 Å². The second-order valence-electron chi connectivity index (χ2n) is 6.77. The van der Waals surface area contributed by atoms with Crippen molar-refractivity contribution in [2.45, 2.75) is 26.5 Å². The van der Waals surface area contributed by atoms with E-state index in [4.69, 9.17) is 17.0 Å². The minimum Gasteiger partial charge on any atom is -0.490 e. The van der Waals surface area contributed by atoms with Crippen LogP contribution in [-0.4, -0.2) is 27.6 Å². The van der Waals surface area contributed by atoms with Gasteiger partial charge in [-0.25, -0.2) is 0 Å². The van der Waals surface area contributed by atoms with Crippen LogP contribution in [0.4, 0.5) is 0 Å². The van der Waals surface area contributed by atoms with Crippen molar-refractivity contribution in [3.8, 4) is 5.75 Å². The van der Waals surface area contributed by atoms with E-state index in [-0.39, 0.29) is 23.7 Å². The van der Waals surface area contributed by atoms with Crippen molar-refractivity contribution in [1.29, 1.82) is 0 Å². The molecule has 1 aromatic heterocycles. The fraction of sp³-hybridized carbons (Fsp3) is 0.190. The molecule has 0 aliphatic rings. The number of nitrogens with zero attached hydrogens (tertiary/aromatic N) is 1. The predicted octanol–water partition coefficient (Wildman–Crippen LogP) is 3.53. The Labute approximate surface area is 187 Å². The summed E-state index contributed by atoms with van der Waals surface area (Å²) in [5, 5.41) is 3.56. The van der Waals surface area contributed by atoms with Gasteiger partial charge in [-0.2, -0.15) is 0 Å². The number of ether oxygens (including phenoxy) is 1. The van der Waals surface area contributed by atoms with E-state index in [0.717, 1.165) is 15.4 Å². The van der Waals surface area contributed by atoms with Gasteiger partial charge in [-0.3, -0.25) is 25.8 Å². The fourth-order valence-electron chi connectivity index (χ4n) is 2.84. The van der Waals surface area contributed by atoms with Crippen LogP contribution in [0.3, 0.4) is 0 Å². The first-order valence-electron chi connectivity index (χ1n) is 9.23. The average Bonchev–Trinajstić information content (AvgIpc) is 3.10. The number of hydrogen-bond donors (Lipinski definition) is 3. The molecule has 7 nitrogen and oxygen atoms in total. The molecule has 0 saturated heterocycles. The molecule has 0 unspecified atom stereocenters. The van der Waals surface area contributed by atoms with Gasteiger partial charge in [0.2, 0.25) is 0 Å². The Balaban J connectivity index is 1.56. The quantitative estimate of drug-likeness (QED) is 0.377. The number of aromatic nitrogens is 1. The Kier molecular flexibility index (Phi) is 7.07. The van der Waals surface area contributed by atoms with Gasteiger partial charge in [0.1, 0.15) is 12.3 Å². The Morgan fingerprint density at radius 2 is 1.90 bits per heavy atom. The molecular weight excluding hydrogens is 468 g/mol. The number of benzene rings is 2. The Bertz CT molecular complexity index is 1100. The number of rotatable bonds is 5. The summed E-state index contributed by atoms with van der Waals surface area (Å²) < 4.78 is 8.23. The molecule has 2 amide bonds. The van der Waals surface area contributed by atoms with Gasteiger partial charge in [-0.05, 0) is 61.8 Å². The minimum atomic E-state index is -0.449. The van der Waals surface area contributed by atoms with E-state index in [1.54, 1.807) is 18.2 Å². The lowest BCUT2D eigenvalue weighted by atomic mass is 10.2. The predicted molar refractivity (Wildman–Crippen MR) is 123 cm³/mol. The first kappa shape index (κ1) is 21.8. The number of para-hydroxylation sites is 1. The largest absolute Gasteiger partial charge is 0.490 e. The number of nitrogens with one attached hydrogen (secondary N) is 3. The average molecular weight is 489 g/mol. The number of fused-ring (bicyclic) bond motifs is 1. The van der Waals surface area contributed by atoms with Crippen molar-refractivity contribution in [2.24, 2.45) is 0 Å². The minimum absolute atomic E-state index is 0.0267. The number of amides is 2. The van der Waals surface area contributed by atoms with Gasteiger partial charge in [0.25, 0.3) is 11.8 Å². The molecule has 0 aliphatic heterocycles. The number of hydrazine groups is 1. The second kappa shape index (κ2) is 9.73. The van der Waals surface area contributed by atoms with Crippen LogP contribution in [0.15, 0.2) is 59.2 Å². The Morgan fingerprint density at radius 3 is 2.67 bits per heavy atom. The van der Waals surface area contributed by atoms with Crippen LogP contribution in [0.25, 0.3) is 10.9 Å². The summed E-state index contributed by atoms with van der Waals surface area (Å²) >= 11 is 8.47. The van der Waals surface area contributed by atoms with Gasteiger partial charge in [-0.15, -0.1) is 0 Å². The van der Waals surface area contributed by atoms with Gasteiger partial charge in [0, 0.05) is 16.2 Å². The third kappa shape index (κ3) is 5.58. The van der Waals surface area contributed by atoms with E-state index in [1.165, 1.54) is 0 Å². The van der Waals surface area contributed by atoms with Gasteiger partial charge >= 0.3 is 0 Å². The molecule has 3 aromatic rings. The Morgan fingerprint density at radius 1 is 1.13 bits per heavy atom. The molecule has 3 N–H and O–H groups in total. The van der Waals surface area contributed by atoms with Gasteiger partial charge < -0.3 is 9.30 Å². The van der Waals surface area contributed by atoms with Crippen molar-refractivity contribution < 1.29 is 14.3 Å². The lowest BCUT2D eigenvalue weighted by molar-refractivity contribution is -0.122. The molecule has 0 radical (unpaired) electrons. The number of carbonyl (C=O) groups excluding carboxylic acids is 2. The number of thiocarbonyl (C=S) groups is 1. The fourth-order valence-corrected chi connectivity index (χ4v) is 3.34. The molecule has 3 rings (SSSR count). The topological polar surface area (TPSA) is 84.4 Å². The second-order valence-corrected chi connectivity index (χ2v) is 8.09. The summed E-state index contributed by atoms with van der Waals surface area (Å²) in [6.45, 7) is 3.86. The molecule has 1 heterocycles. The highest BCUT2D eigenvalue weighted by Crippen LogP contribution is 2.24. The SMILES string of the molecule is CC(C)Oc1ccc(Br)cc1C(=O)NC(=S)NNC(=O)Cn1ccc2ccccc21. The summed E-state index contributed by atoms with van der Waals surface area (Å²) in [7, 11) is 0. The zero-order valence-corrected chi connectivity index (χ0v) is 18.8. The monoisotopic (exact) mass is 488 g/mol. The summed E-state index contributed by atoms with van der Waals surface area (Å²) in [5.41, 5.74) is 6.33. The Hall–Kier alpha value is -2.91. The van der Waals surface area contributed by atoms with Crippen LogP contribution < -0.4 is 20.9 Å². The van der Waals surface area contributed by atoms with E-state index in [0.29, 0.717) is 11.3 Å². The highest BCUT2D eigenvalue weighted by atomic mass is 79.9. The third-order valence-corrected chi connectivity index (χ3v) is 4.78. The van der Waals surface area contributed by atoms with E-state index < -0.39 is 5.91 Å². The number of halogens is 1. The molecular formula is C21H21BrN4O3S. The molecule has 0 atom stereocenters. The maximum atomic E-state index is 12.6. The van der Waals surface area contributed by atoms with Gasteiger partial charge in [-0.1, -0.05) is 34.1 Å². The third-order valence-electron chi connectivity index (χ3n) is 4.09. The van der Waals surface area contributed by atoms with E-state index in [1.807, 2.05) is 54.9 Å². The van der Waals surface area contributed by atoms with Crippen LogP contribution in [0, 0.1) is 0 Å². The smallest absolute Gasteiger partial charge is 0.261 e. The highest BCUT2D eigenvalue weighted by Gasteiger charge is 2.16. The van der Waals surface area contributed by atoms with Crippen LogP contribution in [0.1, 0.15) is 24.2 Å². The van der Waals surface area contributed by atoms with Gasteiger partial charge in [0.15, 0.2) is 5.11 Å². The molecule has 0 spiro atoms. The molecule has 30 heavy (non-hydrogen) atoms. The van der Waals surface area contributed by atoms with Crippen molar-refractivity contribution in [3.63, 3.8) is 0 Å². The lowest BCUT2D eigenvalue weighted by Gasteiger charge is -2.15. The van der Waals surface area contributed by atoms with Crippen LogP contribution in [0.5, 0.6) is 5.75 Å². The highest BCUT2D eigenvalue weighted by molar-refractivity contribution is 9.10. The van der Waals surface area contributed by atoms with Crippen molar-refractivity contribution in [3.05, 3.63) is 64.8 Å². The zero-order chi connectivity index (χ0) is 21.7. The molecule has 0 fully saturated rings. The van der Waals surface area contributed by atoms with Crippen molar-refractivity contribution in [2.75, 3.05) is 0 Å². The standard InChI is InChI=1S/C21H21BrN4O3S/c1-13(2)29-18-8-7-15(22)11-16(18)20(28)23-21(30)25-24-19(27)12-26-10-9-14-5-3-4-6-17(14)26/h3-11,13H,12H2,1-2H3,(H,24,27)(H2,23,25,28,30). The zero-order valence-electron chi connectivity index (χ0n) is 16.4. The van der Waals surface area contributed by atoms with Crippen LogP contribution >= 0.6 is 28.1 Å². The maximum Gasteiger partial charge on any atom is 0.261 e. The first-order chi connectivity index (χ1) is 14.3. The summed E-state index contributed by atoms with van der Waals surface area (Å²) in [5.74, 6) is -0.314. The van der Waals surface area contributed by atoms with Crippen LogP contribution in [0.2, 0.25) is 0 Å². The van der Waals surface area contributed by atoms with Crippen molar-refractivity contribution in [1.82, 2.24) is 20.7 Å². The lowest BCUT2D eigenvalue weighted by Crippen LogP contribution is -2.49. The summed E-state index contributed by atoms with van der Waals surface area (Å²) in [4.78, 5) is 24.8. The number of carbonyl (C=O) groups is 2. The van der Waals surface area contributed by atoms with E-state index >= 15 is 0 Å². The number of hydrogen-bond acceptors (Lipinski definition) is 4. The van der Waals surface area contributed by atoms with Crippen LogP contribution in [-0.2, 0) is 11.3 Å². The molecule has 2 aromatic carbocycles. The van der Waals surface area contributed by atoms with E-state index in [2.05, 4.69) is 32.1 Å². The van der Waals surface area contributed by atoms with E-state index in [9.17, 15) is 9.59 Å². The molecule has 156 valence electrons. The summed E-state index contributed by atoms with van der Waals surface area (Å²) in [6.07, 6.45) is 1.75. The molecule has 0 aliphatic carbocycles. The normalized spacial score (nSPS) is 10.7.